The van der Waals surface area contributed by atoms with Gasteiger partial charge in [-0.3, -0.25) is 4.79 Å². The van der Waals surface area contributed by atoms with Crippen molar-refractivity contribution in [2.75, 3.05) is 11.5 Å². The number of carbonyl (C=O) groups excluding carboxylic acids is 1. The van der Waals surface area contributed by atoms with Crippen molar-refractivity contribution in [2.24, 2.45) is 0 Å². The van der Waals surface area contributed by atoms with E-state index in [-0.39, 0.29) is 5.75 Å². The van der Waals surface area contributed by atoms with Crippen LogP contribution in [0.4, 0.5) is 0 Å². The maximum absolute atomic E-state index is 11.4. The van der Waals surface area contributed by atoms with Gasteiger partial charge in [0.05, 0.1) is 5.75 Å². The molecule has 0 heterocycles. The Kier molecular flexibility index (Phi) is 7.26. The first-order chi connectivity index (χ1) is 8.32. The molecule has 0 aromatic carbocycles. The summed E-state index contributed by atoms with van der Waals surface area (Å²) < 4.78 is 22.7. The molecular weight excluding hydrogens is 258 g/mol. The van der Waals surface area contributed by atoms with Gasteiger partial charge in [-0.05, 0) is 6.42 Å². The minimum atomic E-state index is -3.55. The normalized spacial score (nSPS) is 12.7. The van der Waals surface area contributed by atoms with Crippen molar-refractivity contribution >= 4 is 21.7 Å². The highest BCUT2D eigenvalue weighted by molar-refractivity contribution is 7.92. The zero-order valence-electron chi connectivity index (χ0n) is 10.4. The lowest BCUT2D eigenvalue weighted by molar-refractivity contribution is -0.141. The van der Waals surface area contributed by atoms with Gasteiger partial charge in [0, 0.05) is 0 Å². The lowest BCUT2D eigenvalue weighted by Gasteiger charge is -2.13. The molecule has 0 aliphatic carbocycles. The van der Waals surface area contributed by atoms with E-state index in [1.807, 2.05) is 6.92 Å². The van der Waals surface area contributed by atoms with Crippen LogP contribution in [-0.4, -0.2) is 42.9 Å². The van der Waals surface area contributed by atoms with E-state index >= 15 is 0 Å². The number of amides is 1. The van der Waals surface area contributed by atoms with Gasteiger partial charge in [-0.1, -0.05) is 25.8 Å². The minimum absolute atomic E-state index is 0.291. The quantitative estimate of drug-likeness (QED) is 0.592. The third-order valence-corrected chi connectivity index (χ3v) is 3.65. The molecule has 0 bridgehead atoms. The SMILES string of the molecule is C=CCS(=O)(=O)CC(=O)NC(CCCC)C(=O)O. The summed E-state index contributed by atoms with van der Waals surface area (Å²) in [7, 11) is -3.55. The smallest absolute Gasteiger partial charge is 0.326 e. The molecule has 0 radical (unpaired) electrons. The zero-order chi connectivity index (χ0) is 14.2. The number of carbonyl (C=O) groups is 2. The van der Waals surface area contributed by atoms with E-state index in [2.05, 4.69) is 11.9 Å². The topological polar surface area (TPSA) is 101 Å². The first-order valence-corrected chi connectivity index (χ1v) is 7.48. The van der Waals surface area contributed by atoms with E-state index in [1.54, 1.807) is 0 Å². The summed E-state index contributed by atoms with van der Waals surface area (Å²) in [4.78, 5) is 22.3. The monoisotopic (exact) mass is 277 g/mol. The predicted octanol–water partition coefficient (Wildman–Crippen LogP) is 0.347. The summed E-state index contributed by atoms with van der Waals surface area (Å²) in [5, 5.41) is 11.1. The van der Waals surface area contributed by atoms with E-state index in [1.165, 1.54) is 6.08 Å². The Balaban J connectivity index is 4.42. The molecule has 2 N–H and O–H groups in total. The van der Waals surface area contributed by atoms with Crippen molar-refractivity contribution in [3.63, 3.8) is 0 Å². The van der Waals surface area contributed by atoms with Crippen molar-refractivity contribution in [1.29, 1.82) is 0 Å². The maximum atomic E-state index is 11.4. The Morgan fingerprint density at radius 1 is 1.44 bits per heavy atom. The number of nitrogens with one attached hydrogen (secondary N) is 1. The van der Waals surface area contributed by atoms with Crippen molar-refractivity contribution in [2.45, 2.75) is 32.2 Å². The molecule has 1 unspecified atom stereocenters. The molecule has 104 valence electrons. The number of sulfone groups is 1. The summed E-state index contributed by atoms with van der Waals surface area (Å²) in [6.07, 6.45) is 2.93. The van der Waals surface area contributed by atoms with Crippen molar-refractivity contribution in [3.8, 4) is 0 Å². The van der Waals surface area contributed by atoms with Gasteiger partial charge in [-0.15, -0.1) is 6.58 Å². The van der Waals surface area contributed by atoms with Gasteiger partial charge in [0.2, 0.25) is 5.91 Å². The summed E-state index contributed by atoms with van der Waals surface area (Å²) >= 11 is 0. The average molecular weight is 277 g/mol. The summed E-state index contributed by atoms with van der Waals surface area (Å²) in [5.41, 5.74) is 0. The molecule has 0 fully saturated rings. The third-order valence-electron chi connectivity index (χ3n) is 2.20. The molecule has 1 amide bonds. The van der Waals surface area contributed by atoms with Crippen LogP contribution in [-0.2, 0) is 19.4 Å². The van der Waals surface area contributed by atoms with Crippen molar-refractivity contribution < 1.29 is 23.1 Å². The van der Waals surface area contributed by atoms with Crippen molar-refractivity contribution in [1.82, 2.24) is 5.32 Å². The molecule has 0 aliphatic heterocycles. The second-order valence-corrected chi connectivity index (χ2v) is 6.05. The number of hydrogen-bond acceptors (Lipinski definition) is 4. The molecule has 0 saturated heterocycles. The summed E-state index contributed by atoms with van der Waals surface area (Å²) in [6, 6.07) is -1.03. The molecule has 0 aromatic rings. The first kappa shape index (κ1) is 16.6. The van der Waals surface area contributed by atoms with Crippen LogP contribution in [0.2, 0.25) is 0 Å². The predicted molar refractivity (Wildman–Crippen MR) is 67.9 cm³/mol. The van der Waals surface area contributed by atoms with Crippen LogP contribution in [0.25, 0.3) is 0 Å². The molecule has 0 spiro atoms. The zero-order valence-corrected chi connectivity index (χ0v) is 11.2. The van der Waals surface area contributed by atoms with Crippen LogP contribution in [0.3, 0.4) is 0 Å². The van der Waals surface area contributed by atoms with Gasteiger partial charge >= 0.3 is 5.97 Å². The van der Waals surface area contributed by atoms with Gasteiger partial charge in [0.15, 0.2) is 9.84 Å². The Morgan fingerprint density at radius 2 is 2.06 bits per heavy atom. The second-order valence-electron chi connectivity index (χ2n) is 3.94. The third kappa shape index (κ3) is 7.05. The highest BCUT2D eigenvalue weighted by Crippen LogP contribution is 2.01. The van der Waals surface area contributed by atoms with Crippen LogP contribution in [0.5, 0.6) is 0 Å². The molecule has 0 aromatic heterocycles. The van der Waals surface area contributed by atoms with Crippen LogP contribution >= 0.6 is 0 Å². The fourth-order valence-corrected chi connectivity index (χ4v) is 2.30. The van der Waals surface area contributed by atoms with Gasteiger partial charge in [0.1, 0.15) is 11.8 Å². The van der Waals surface area contributed by atoms with E-state index in [9.17, 15) is 18.0 Å². The number of unbranched alkanes of at least 4 members (excludes halogenated alkanes) is 1. The van der Waals surface area contributed by atoms with Crippen LogP contribution in [0, 0.1) is 0 Å². The largest absolute Gasteiger partial charge is 0.480 e. The second kappa shape index (κ2) is 7.86. The van der Waals surface area contributed by atoms with Crippen LogP contribution in [0.15, 0.2) is 12.7 Å². The molecular formula is C11H19NO5S. The Hall–Kier alpha value is -1.37. The lowest BCUT2D eigenvalue weighted by Crippen LogP contribution is -2.43. The molecule has 0 rings (SSSR count). The molecule has 18 heavy (non-hydrogen) atoms. The average Bonchev–Trinajstić information content (AvgIpc) is 2.22. The molecule has 0 aliphatic rings. The summed E-state index contributed by atoms with van der Waals surface area (Å²) in [6.45, 7) is 5.18. The number of rotatable bonds is 9. The van der Waals surface area contributed by atoms with Crippen LogP contribution in [0.1, 0.15) is 26.2 Å². The maximum Gasteiger partial charge on any atom is 0.326 e. The minimum Gasteiger partial charge on any atom is -0.480 e. The van der Waals surface area contributed by atoms with E-state index in [0.717, 1.165) is 6.42 Å². The number of hydrogen-bond donors (Lipinski definition) is 2. The fourth-order valence-electron chi connectivity index (χ4n) is 1.34. The number of aliphatic carboxylic acids is 1. The molecule has 0 saturated carbocycles. The van der Waals surface area contributed by atoms with E-state index in [4.69, 9.17) is 5.11 Å². The molecule has 7 heteroatoms. The highest BCUT2D eigenvalue weighted by atomic mass is 32.2. The van der Waals surface area contributed by atoms with Crippen molar-refractivity contribution in [3.05, 3.63) is 12.7 Å². The Labute approximate surface area is 107 Å². The number of carboxylic acids is 1. The Morgan fingerprint density at radius 3 is 2.50 bits per heavy atom. The standard InChI is InChI=1S/C11H19NO5S/c1-3-5-6-9(11(14)15)12-10(13)8-18(16,17)7-4-2/h4,9H,2-3,5-8H2,1H3,(H,12,13)(H,14,15). The fraction of sp³-hybridized carbons (Fsp3) is 0.636. The highest BCUT2D eigenvalue weighted by Gasteiger charge is 2.22. The molecule has 1 atom stereocenters. The van der Waals surface area contributed by atoms with Gasteiger partial charge < -0.3 is 10.4 Å². The van der Waals surface area contributed by atoms with Crippen LogP contribution < -0.4 is 5.32 Å². The van der Waals surface area contributed by atoms with Gasteiger partial charge in [0.25, 0.3) is 0 Å². The van der Waals surface area contributed by atoms with E-state index < -0.39 is 33.5 Å². The first-order valence-electron chi connectivity index (χ1n) is 5.66. The van der Waals surface area contributed by atoms with Gasteiger partial charge in [-0.2, -0.15) is 0 Å². The number of carboxylic acid groups (broad SMARTS) is 1. The molecule has 6 nitrogen and oxygen atoms in total. The van der Waals surface area contributed by atoms with E-state index in [0.29, 0.717) is 12.8 Å². The lowest BCUT2D eigenvalue weighted by atomic mass is 10.1. The Bertz CT molecular complexity index is 402. The van der Waals surface area contributed by atoms with Gasteiger partial charge in [-0.25, -0.2) is 13.2 Å². The summed E-state index contributed by atoms with van der Waals surface area (Å²) in [5.74, 6) is -2.96.